The highest BCUT2D eigenvalue weighted by atomic mass is 35.5. The van der Waals surface area contributed by atoms with Crippen LogP contribution < -0.4 is 0 Å². The summed E-state index contributed by atoms with van der Waals surface area (Å²) in [5.41, 5.74) is 3.67. The summed E-state index contributed by atoms with van der Waals surface area (Å²) >= 11 is 6.10. The van der Waals surface area contributed by atoms with E-state index in [2.05, 4.69) is 11.9 Å². The number of carbonyl (C=O) groups is 1. The van der Waals surface area contributed by atoms with Crippen molar-refractivity contribution in [2.45, 2.75) is 26.8 Å². The highest BCUT2D eigenvalue weighted by molar-refractivity contribution is 6.31. The number of hydrogen-bond donors (Lipinski definition) is 0. The van der Waals surface area contributed by atoms with Crippen LogP contribution in [0.1, 0.15) is 35.1 Å². The Bertz CT molecular complexity index is 916. The minimum absolute atomic E-state index is 0.0376. The van der Waals surface area contributed by atoms with E-state index in [9.17, 15) is 4.79 Å². The predicted molar refractivity (Wildman–Crippen MR) is 102 cm³/mol. The molecule has 0 saturated heterocycles. The molecule has 0 N–H and O–H groups in total. The van der Waals surface area contributed by atoms with Crippen molar-refractivity contribution in [3.63, 3.8) is 0 Å². The molecule has 0 saturated carbocycles. The summed E-state index contributed by atoms with van der Waals surface area (Å²) in [6.07, 6.45) is 0.896. The van der Waals surface area contributed by atoms with Crippen LogP contribution in [-0.4, -0.2) is 26.9 Å². The van der Waals surface area contributed by atoms with Crippen molar-refractivity contribution in [1.82, 2.24) is 14.5 Å². The van der Waals surface area contributed by atoms with Gasteiger partial charge in [0.25, 0.3) is 5.91 Å². The van der Waals surface area contributed by atoms with Gasteiger partial charge < -0.3 is 9.47 Å². The number of imidazole rings is 1. The van der Waals surface area contributed by atoms with Crippen molar-refractivity contribution < 1.29 is 4.79 Å². The summed E-state index contributed by atoms with van der Waals surface area (Å²) in [7, 11) is 1.96. The van der Waals surface area contributed by atoms with Crippen molar-refractivity contribution in [3.05, 3.63) is 64.4 Å². The van der Waals surface area contributed by atoms with Gasteiger partial charge in [0.15, 0.2) is 0 Å². The van der Waals surface area contributed by atoms with Crippen LogP contribution in [0.3, 0.4) is 0 Å². The number of amides is 1. The maximum absolute atomic E-state index is 12.9. The lowest BCUT2D eigenvalue weighted by Crippen LogP contribution is -2.32. The van der Waals surface area contributed by atoms with Gasteiger partial charge in [-0.05, 0) is 43.7 Å². The number of fused-ring (bicyclic) bond motifs is 1. The van der Waals surface area contributed by atoms with E-state index in [1.807, 2.05) is 65.9 Å². The fourth-order valence-electron chi connectivity index (χ4n) is 3.01. The molecule has 0 radical (unpaired) electrons. The lowest BCUT2D eigenvalue weighted by Gasteiger charge is -2.22. The number of carbonyl (C=O) groups excluding carboxylic acids is 1. The molecule has 3 aromatic rings. The quantitative estimate of drug-likeness (QED) is 0.671. The van der Waals surface area contributed by atoms with E-state index in [4.69, 9.17) is 11.6 Å². The third-order valence-electron chi connectivity index (χ3n) is 4.31. The molecule has 5 heteroatoms. The molecule has 3 rings (SSSR count). The van der Waals surface area contributed by atoms with Gasteiger partial charge in [0.1, 0.15) is 5.82 Å². The van der Waals surface area contributed by atoms with Crippen LogP contribution in [-0.2, 0) is 13.6 Å². The van der Waals surface area contributed by atoms with Crippen molar-refractivity contribution in [2.24, 2.45) is 7.05 Å². The van der Waals surface area contributed by atoms with Crippen LogP contribution in [0.5, 0.6) is 0 Å². The second kappa shape index (κ2) is 7.28. The molecule has 4 nitrogen and oxygen atoms in total. The van der Waals surface area contributed by atoms with Crippen LogP contribution in [0.2, 0.25) is 5.02 Å². The summed E-state index contributed by atoms with van der Waals surface area (Å²) in [5, 5.41) is 0.684. The molecule has 0 atom stereocenters. The van der Waals surface area contributed by atoms with Gasteiger partial charge in [-0.3, -0.25) is 4.79 Å². The van der Waals surface area contributed by atoms with Gasteiger partial charge in [-0.1, -0.05) is 36.2 Å². The Hall–Kier alpha value is -2.33. The number of halogens is 1. The normalized spacial score (nSPS) is 11.0. The van der Waals surface area contributed by atoms with Crippen LogP contribution in [0.4, 0.5) is 0 Å². The minimum Gasteiger partial charge on any atom is -0.331 e. The maximum atomic E-state index is 12.9. The molecule has 1 amide bonds. The molecule has 1 heterocycles. The van der Waals surface area contributed by atoms with Gasteiger partial charge >= 0.3 is 0 Å². The molecule has 2 aromatic carbocycles. The van der Waals surface area contributed by atoms with E-state index < -0.39 is 0 Å². The van der Waals surface area contributed by atoms with Gasteiger partial charge in [-0.25, -0.2) is 4.98 Å². The molecule has 0 unspecified atom stereocenters. The average Bonchev–Trinajstić information content (AvgIpc) is 2.89. The molecule has 0 spiro atoms. The zero-order valence-corrected chi connectivity index (χ0v) is 15.5. The number of nitrogens with zero attached hydrogens (tertiary/aromatic N) is 3. The van der Waals surface area contributed by atoms with E-state index in [0.717, 1.165) is 34.4 Å². The summed E-state index contributed by atoms with van der Waals surface area (Å²) in [6, 6.07) is 13.4. The first-order valence-corrected chi connectivity index (χ1v) is 8.84. The van der Waals surface area contributed by atoms with Crippen molar-refractivity contribution in [3.8, 4) is 0 Å². The minimum atomic E-state index is 0.0376. The van der Waals surface area contributed by atoms with E-state index in [1.165, 1.54) is 0 Å². The Morgan fingerprint density at radius 1 is 1.24 bits per heavy atom. The SMILES string of the molecule is CCCN(Cc1nc2ccc(Cl)cc2n1C)C(=O)c1cccc(C)c1. The first-order valence-electron chi connectivity index (χ1n) is 8.46. The van der Waals surface area contributed by atoms with E-state index in [1.54, 1.807) is 0 Å². The molecule has 0 aliphatic heterocycles. The third kappa shape index (κ3) is 3.69. The lowest BCUT2D eigenvalue weighted by molar-refractivity contribution is 0.0737. The van der Waals surface area contributed by atoms with E-state index in [0.29, 0.717) is 18.1 Å². The highest BCUT2D eigenvalue weighted by Crippen LogP contribution is 2.21. The highest BCUT2D eigenvalue weighted by Gasteiger charge is 2.18. The molecule has 25 heavy (non-hydrogen) atoms. The third-order valence-corrected chi connectivity index (χ3v) is 4.55. The Morgan fingerprint density at radius 3 is 2.76 bits per heavy atom. The summed E-state index contributed by atoms with van der Waals surface area (Å²) in [5.74, 6) is 0.891. The van der Waals surface area contributed by atoms with E-state index in [-0.39, 0.29) is 5.91 Å². The second-order valence-corrected chi connectivity index (χ2v) is 6.75. The summed E-state index contributed by atoms with van der Waals surface area (Å²) in [4.78, 5) is 19.5. The van der Waals surface area contributed by atoms with Gasteiger partial charge in [0.2, 0.25) is 0 Å². The van der Waals surface area contributed by atoms with Crippen LogP contribution in [0.25, 0.3) is 11.0 Å². The van der Waals surface area contributed by atoms with Crippen molar-refractivity contribution in [1.29, 1.82) is 0 Å². The number of rotatable bonds is 5. The Kier molecular flexibility index (Phi) is 5.09. The first kappa shape index (κ1) is 17.5. The second-order valence-electron chi connectivity index (χ2n) is 6.32. The van der Waals surface area contributed by atoms with Gasteiger partial charge in [-0.2, -0.15) is 0 Å². The molecule has 130 valence electrons. The number of benzene rings is 2. The lowest BCUT2D eigenvalue weighted by atomic mass is 10.1. The summed E-state index contributed by atoms with van der Waals surface area (Å²) in [6.45, 7) is 5.24. The summed E-state index contributed by atoms with van der Waals surface area (Å²) < 4.78 is 2.01. The van der Waals surface area contributed by atoms with Crippen LogP contribution in [0.15, 0.2) is 42.5 Å². The first-order chi connectivity index (χ1) is 12.0. The Balaban J connectivity index is 1.92. The maximum Gasteiger partial charge on any atom is 0.254 e. The molecular formula is C20H22ClN3O. The molecular weight excluding hydrogens is 334 g/mol. The van der Waals surface area contributed by atoms with Gasteiger partial charge in [-0.15, -0.1) is 0 Å². The molecule has 0 fully saturated rings. The van der Waals surface area contributed by atoms with Crippen LogP contribution in [0, 0.1) is 6.92 Å². The molecule has 0 bridgehead atoms. The zero-order chi connectivity index (χ0) is 18.0. The largest absolute Gasteiger partial charge is 0.331 e. The molecule has 0 aliphatic carbocycles. The predicted octanol–water partition coefficient (Wildman–Crippen LogP) is 4.59. The Morgan fingerprint density at radius 2 is 2.04 bits per heavy atom. The fourth-order valence-corrected chi connectivity index (χ4v) is 3.17. The van der Waals surface area contributed by atoms with Crippen LogP contribution >= 0.6 is 11.6 Å². The standard InChI is InChI=1S/C20H22ClN3O/c1-4-10-24(20(25)15-7-5-6-14(2)11-15)13-19-22-17-9-8-16(21)12-18(17)23(19)3/h5-9,11-12H,4,10,13H2,1-3H3. The molecule has 0 aliphatic rings. The average molecular weight is 356 g/mol. The van der Waals surface area contributed by atoms with Gasteiger partial charge in [0, 0.05) is 24.2 Å². The number of hydrogen-bond acceptors (Lipinski definition) is 2. The van der Waals surface area contributed by atoms with E-state index >= 15 is 0 Å². The Labute approximate surface area is 153 Å². The number of aromatic nitrogens is 2. The number of aryl methyl sites for hydroxylation is 2. The topological polar surface area (TPSA) is 38.1 Å². The monoisotopic (exact) mass is 355 g/mol. The van der Waals surface area contributed by atoms with Gasteiger partial charge in [0.05, 0.1) is 17.6 Å². The van der Waals surface area contributed by atoms with Crippen molar-refractivity contribution in [2.75, 3.05) is 6.54 Å². The fraction of sp³-hybridized carbons (Fsp3) is 0.300. The molecule has 1 aromatic heterocycles. The zero-order valence-electron chi connectivity index (χ0n) is 14.8. The smallest absolute Gasteiger partial charge is 0.254 e. The van der Waals surface area contributed by atoms with Crippen molar-refractivity contribution >= 4 is 28.5 Å².